The second-order valence-corrected chi connectivity index (χ2v) is 5.89. The number of aliphatic hydroxyl groups is 1. The van der Waals surface area contributed by atoms with E-state index in [0.717, 1.165) is 12.1 Å². The van der Waals surface area contributed by atoms with Crippen LogP contribution in [0.25, 0.3) is 10.9 Å². The van der Waals surface area contributed by atoms with Gasteiger partial charge in [0.05, 0.1) is 5.60 Å². The molecule has 0 amide bonds. The zero-order chi connectivity index (χ0) is 13.4. The van der Waals surface area contributed by atoms with Crippen molar-refractivity contribution in [2.75, 3.05) is 0 Å². The number of benzene rings is 1. The molecule has 0 aliphatic rings. The summed E-state index contributed by atoms with van der Waals surface area (Å²) in [6.45, 7) is 8.44. The average Bonchev–Trinajstić information content (AvgIpc) is 2.73. The van der Waals surface area contributed by atoms with Crippen molar-refractivity contribution in [1.29, 1.82) is 0 Å². The van der Waals surface area contributed by atoms with Crippen molar-refractivity contribution in [3.05, 3.63) is 36.0 Å². The molecule has 1 heterocycles. The Kier molecular flexibility index (Phi) is 3.21. The monoisotopic (exact) mass is 246 g/mol. The second-order valence-electron chi connectivity index (χ2n) is 5.89. The number of nitrogens with one attached hydrogen (secondary N) is 2. The number of fused-ring (bicyclic) bond motifs is 1. The van der Waals surface area contributed by atoms with Crippen LogP contribution in [0.15, 0.2) is 30.5 Å². The van der Waals surface area contributed by atoms with Crippen molar-refractivity contribution < 1.29 is 5.11 Å². The SMILES string of the molecule is CC(C)(O)C(C)(C)NCc1cccc2[nH]ccc12. The smallest absolute Gasteiger partial charge is 0.0767 e. The van der Waals surface area contributed by atoms with Crippen molar-refractivity contribution in [3.63, 3.8) is 0 Å². The van der Waals surface area contributed by atoms with Gasteiger partial charge in [-0.3, -0.25) is 0 Å². The lowest BCUT2D eigenvalue weighted by Crippen LogP contribution is -2.55. The van der Waals surface area contributed by atoms with Gasteiger partial charge in [0.25, 0.3) is 0 Å². The lowest BCUT2D eigenvalue weighted by molar-refractivity contribution is -0.00527. The van der Waals surface area contributed by atoms with Gasteiger partial charge in [-0.25, -0.2) is 0 Å². The Labute approximate surface area is 108 Å². The molecule has 3 heteroatoms. The van der Waals surface area contributed by atoms with Crippen LogP contribution in [0.2, 0.25) is 0 Å². The third kappa shape index (κ3) is 2.42. The molecule has 0 aliphatic heterocycles. The van der Waals surface area contributed by atoms with E-state index < -0.39 is 5.60 Å². The van der Waals surface area contributed by atoms with Gasteiger partial charge in [-0.05, 0) is 45.4 Å². The first kappa shape index (κ1) is 13.1. The Morgan fingerprint density at radius 1 is 1.17 bits per heavy atom. The Morgan fingerprint density at radius 2 is 1.89 bits per heavy atom. The summed E-state index contributed by atoms with van der Waals surface area (Å²) in [5.74, 6) is 0. The number of aromatic amines is 1. The van der Waals surface area contributed by atoms with Crippen molar-refractivity contribution in [2.45, 2.75) is 45.4 Å². The minimum atomic E-state index is -0.765. The van der Waals surface area contributed by atoms with E-state index in [0.29, 0.717) is 0 Å². The topological polar surface area (TPSA) is 48.0 Å². The molecule has 0 radical (unpaired) electrons. The fraction of sp³-hybridized carbons (Fsp3) is 0.467. The van der Waals surface area contributed by atoms with E-state index in [2.05, 4.69) is 28.5 Å². The highest BCUT2D eigenvalue weighted by molar-refractivity contribution is 5.82. The van der Waals surface area contributed by atoms with E-state index in [9.17, 15) is 5.11 Å². The summed E-state index contributed by atoms with van der Waals surface area (Å²) in [5, 5.41) is 14.8. The van der Waals surface area contributed by atoms with Crippen LogP contribution in [0.5, 0.6) is 0 Å². The summed E-state index contributed by atoms with van der Waals surface area (Å²) in [7, 11) is 0. The van der Waals surface area contributed by atoms with Gasteiger partial charge in [0, 0.05) is 29.2 Å². The summed E-state index contributed by atoms with van der Waals surface area (Å²) in [5.41, 5.74) is 1.28. The van der Waals surface area contributed by atoms with Crippen LogP contribution in [-0.4, -0.2) is 21.2 Å². The third-order valence-corrected chi connectivity index (χ3v) is 3.94. The second kappa shape index (κ2) is 4.41. The fourth-order valence-corrected chi connectivity index (χ4v) is 1.84. The normalized spacial score (nSPS) is 13.2. The van der Waals surface area contributed by atoms with Crippen LogP contribution in [0.3, 0.4) is 0 Å². The van der Waals surface area contributed by atoms with Gasteiger partial charge in [-0.15, -0.1) is 0 Å². The molecule has 1 aromatic heterocycles. The third-order valence-electron chi connectivity index (χ3n) is 3.94. The first-order valence-corrected chi connectivity index (χ1v) is 6.34. The zero-order valence-electron chi connectivity index (χ0n) is 11.5. The first-order chi connectivity index (χ1) is 8.31. The first-order valence-electron chi connectivity index (χ1n) is 6.34. The predicted octanol–water partition coefficient (Wildman–Crippen LogP) is 2.81. The Bertz CT molecular complexity index is 535. The Morgan fingerprint density at radius 3 is 2.56 bits per heavy atom. The Hall–Kier alpha value is -1.32. The van der Waals surface area contributed by atoms with Crippen LogP contribution in [0.1, 0.15) is 33.3 Å². The molecule has 1 aromatic carbocycles. The largest absolute Gasteiger partial charge is 0.389 e. The highest BCUT2D eigenvalue weighted by atomic mass is 16.3. The molecule has 3 nitrogen and oxygen atoms in total. The molecule has 98 valence electrons. The van der Waals surface area contributed by atoms with Crippen LogP contribution >= 0.6 is 0 Å². The number of H-pyrrole nitrogens is 1. The number of hydrogen-bond acceptors (Lipinski definition) is 2. The van der Waals surface area contributed by atoms with Gasteiger partial charge in [0.1, 0.15) is 0 Å². The molecule has 0 spiro atoms. The lowest BCUT2D eigenvalue weighted by Gasteiger charge is -2.38. The molecule has 0 aliphatic carbocycles. The summed E-state index contributed by atoms with van der Waals surface area (Å²) < 4.78 is 0. The molecular formula is C15H22N2O. The molecule has 2 rings (SSSR count). The highest BCUT2D eigenvalue weighted by Crippen LogP contribution is 2.23. The van der Waals surface area contributed by atoms with Crippen LogP contribution < -0.4 is 5.32 Å². The van der Waals surface area contributed by atoms with Gasteiger partial charge in [0.2, 0.25) is 0 Å². The summed E-state index contributed by atoms with van der Waals surface area (Å²) in [4.78, 5) is 3.21. The molecule has 0 atom stereocenters. The van der Waals surface area contributed by atoms with E-state index in [1.165, 1.54) is 10.9 Å². The van der Waals surface area contributed by atoms with Crippen LogP contribution in [0.4, 0.5) is 0 Å². The van der Waals surface area contributed by atoms with Crippen molar-refractivity contribution in [3.8, 4) is 0 Å². The highest BCUT2D eigenvalue weighted by Gasteiger charge is 2.34. The predicted molar refractivity (Wildman–Crippen MR) is 75.5 cm³/mol. The molecule has 0 fully saturated rings. The minimum Gasteiger partial charge on any atom is -0.389 e. The fourth-order valence-electron chi connectivity index (χ4n) is 1.84. The summed E-state index contributed by atoms with van der Waals surface area (Å²) in [6.07, 6.45) is 1.95. The average molecular weight is 246 g/mol. The summed E-state index contributed by atoms with van der Waals surface area (Å²) >= 11 is 0. The summed E-state index contributed by atoms with van der Waals surface area (Å²) in [6, 6.07) is 8.32. The van der Waals surface area contributed by atoms with Crippen LogP contribution in [-0.2, 0) is 6.54 Å². The molecular weight excluding hydrogens is 224 g/mol. The molecule has 0 unspecified atom stereocenters. The maximum absolute atomic E-state index is 10.1. The molecule has 0 saturated carbocycles. The van der Waals surface area contributed by atoms with Crippen molar-refractivity contribution in [1.82, 2.24) is 10.3 Å². The minimum absolute atomic E-state index is 0.342. The van der Waals surface area contributed by atoms with Crippen molar-refractivity contribution in [2.24, 2.45) is 0 Å². The van der Waals surface area contributed by atoms with E-state index in [-0.39, 0.29) is 5.54 Å². The quantitative estimate of drug-likeness (QED) is 0.777. The number of rotatable bonds is 4. The molecule has 0 saturated heterocycles. The molecule has 3 N–H and O–H groups in total. The zero-order valence-corrected chi connectivity index (χ0v) is 11.5. The molecule has 18 heavy (non-hydrogen) atoms. The van der Waals surface area contributed by atoms with E-state index in [4.69, 9.17) is 0 Å². The number of aromatic nitrogens is 1. The van der Waals surface area contributed by atoms with Crippen LogP contribution in [0, 0.1) is 0 Å². The van der Waals surface area contributed by atoms with Gasteiger partial charge in [0.15, 0.2) is 0 Å². The molecule has 0 bridgehead atoms. The molecule has 2 aromatic rings. The Balaban J connectivity index is 2.18. The van der Waals surface area contributed by atoms with Gasteiger partial charge >= 0.3 is 0 Å². The maximum atomic E-state index is 10.1. The van der Waals surface area contributed by atoms with Gasteiger partial charge < -0.3 is 15.4 Å². The maximum Gasteiger partial charge on any atom is 0.0767 e. The standard InChI is InChI=1S/C15H22N2O/c1-14(2,15(3,4)18)17-10-11-6-5-7-13-12(11)8-9-16-13/h5-9,16-18H,10H2,1-4H3. The lowest BCUT2D eigenvalue weighted by atomic mass is 9.86. The van der Waals surface area contributed by atoms with E-state index >= 15 is 0 Å². The van der Waals surface area contributed by atoms with Gasteiger partial charge in [-0.2, -0.15) is 0 Å². The van der Waals surface area contributed by atoms with Gasteiger partial charge in [-0.1, -0.05) is 12.1 Å². The number of hydrogen-bond donors (Lipinski definition) is 3. The van der Waals surface area contributed by atoms with Crippen molar-refractivity contribution >= 4 is 10.9 Å². The van der Waals surface area contributed by atoms with E-state index in [1.807, 2.05) is 40.0 Å². The van der Waals surface area contributed by atoms with E-state index in [1.54, 1.807) is 0 Å².